The Morgan fingerprint density at radius 1 is 1.12 bits per heavy atom. The van der Waals surface area contributed by atoms with Crippen LogP contribution in [0.25, 0.3) is 0 Å². The first kappa shape index (κ1) is 18.3. The number of hydrogen-bond donors (Lipinski definition) is 2. The molecule has 1 aromatic carbocycles. The van der Waals surface area contributed by atoms with E-state index in [1.54, 1.807) is 11.4 Å². The lowest BCUT2D eigenvalue weighted by Crippen LogP contribution is -2.22. The van der Waals surface area contributed by atoms with Crippen LogP contribution in [0, 0.1) is 0 Å². The van der Waals surface area contributed by atoms with Crippen molar-refractivity contribution in [2.45, 2.75) is 29.9 Å². The van der Waals surface area contributed by atoms with E-state index in [0.717, 1.165) is 17.8 Å². The normalized spacial score (nSPS) is 16.5. The Morgan fingerprint density at radius 2 is 1.88 bits per heavy atom. The number of carbonyl (C=O) groups excluding carboxylic acids is 2. The molecule has 0 unspecified atom stereocenters. The summed E-state index contributed by atoms with van der Waals surface area (Å²) in [5, 5.41) is 5.70. The van der Waals surface area contributed by atoms with Crippen molar-refractivity contribution in [3.8, 4) is 0 Å². The Hall–Kier alpha value is -2.52. The van der Waals surface area contributed by atoms with Gasteiger partial charge in [0.2, 0.25) is 0 Å². The van der Waals surface area contributed by atoms with E-state index in [1.165, 1.54) is 30.3 Å². The lowest BCUT2D eigenvalue weighted by atomic mass is 9.97. The largest absolute Gasteiger partial charge is 0.299 e. The minimum Gasteiger partial charge on any atom is -0.299 e. The van der Waals surface area contributed by atoms with E-state index in [0.29, 0.717) is 29.8 Å². The zero-order valence-corrected chi connectivity index (χ0v) is 15.4. The number of nitrogens with one attached hydrogen (secondary N) is 2. The van der Waals surface area contributed by atoms with Gasteiger partial charge in [0.05, 0.1) is 0 Å². The fraction of sp³-hybridized carbons (Fsp3) is 0.235. The van der Waals surface area contributed by atoms with Crippen LogP contribution in [0.2, 0.25) is 0 Å². The van der Waals surface area contributed by atoms with E-state index in [9.17, 15) is 18.0 Å². The monoisotopic (exact) mass is 391 g/mol. The summed E-state index contributed by atoms with van der Waals surface area (Å²) >= 11 is 1.12. The maximum absolute atomic E-state index is 12.2. The van der Waals surface area contributed by atoms with Crippen LogP contribution >= 0.6 is 11.3 Å². The third-order valence-electron chi connectivity index (χ3n) is 3.80. The van der Waals surface area contributed by atoms with Crippen molar-refractivity contribution in [2.75, 3.05) is 4.72 Å². The molecule has 0 bridgehead atoms. The Morgan fingerprint density at radius 3 is 2.54 bits per heavy atom. The highest BCUT2D eigenvalue weighted by molar-refractivity contribution is 7.94. The SMILES string of the molecule is O=C1CCCC(=NNC(=O)c2ccc(NS(=O)(=O)c3cccs3)cc2)C1. The summed E-state index contributed by atoms with van der Waals surface area (Å²) in [7, 11) is -3.62. The molecule has 1 heterocycles. The number of carbonyl (C=O) groups is 2. The molecule has 1 amide bonds. The van der Waals surface area contributed by atoms with Gasteiger partial charge in [-0.15, -0.1) is 11.3 Å². The zero-order chi connectivity index (χ0) is 18.6. The molecule has 26 heavy (non-hydrogen) atoms. The Labute approximate surface area is 155 Å². The van der Waals surface area contributed by atoms with Gasteiger partial charge in [-0.3, -0.25) is 14.3 Å². The zero-order valence-electron chi connectivity index (χ0n) is 13.8. The van der Waals surface area contributed by atoms with Crippen LogP contribution in [-0.4, -0.2) is 25.8 Å². The number of Topliss-reactive ketones (excluding diaryl/α,β-unsaturated/α-hetero) is 1. The second kappa shape index (κ2) is 7.79. The number of benzene rings is 1. The van der Waals surface area contributed by atoms with Gasteiger partial charge in [0.1, 0.15) is 9.99 Å². The van der Waals surface area contributed by atoms with Gasteiger partial charge in [-0.05, 0) is 48.6 Å². The summed E-state index contributed by atoms with van der Waals surface area (Å²) in [5.74, 6) is -0.283. The summed E-state index contributed by atoms with van der Waals surface area (Å²) in [4.78, 5) is 23.5. The summed E-state index contributed by atoms with van der Waals surface area (Å²) in [6.45, 7) is 0. The van der Waals surface area contributed by atoms with Crippen LogP contribution in [0.3, 0.4) is 0 Å². The van der Waals surface area contributed by atoms with E-state index >= 15 is 0 Å². The van der Waals surface area contributed by atoms with Gasteiger partial charge in [-0.25, -0.2) is 13.8 Å². The predicted molar refractivity (Wildman–Crippen MR) is 99.9 cm³/mol. The second-order valence-electron chi connectivity index (χ2n) is 5.80. The quantitative estimate of drug-likeness (QED) is 0.765. The first-order valence-electron chi connectivity index (χ1n) is 7.98. The van der Waals surface area contributed by atoms with Crippen molar-refractivity contribution in [3.63, 3.8) is 0 Å². The third kappa shape index (κ3) is 4.55. The molecule has 1 fully saturated rings. The van der Waals surface area contributed by atoms with Crippen molar-refractivity contribution in [1.29, 1.82) is 0 Å². The number of amides is 1. The van der Waals surface area contributed by atoms with E-state index in [1.807, 2.05) is 0 Å². The molecule has 0 radical (unpaired) electrons. The van der Waals surface area contributed by atoms with Crippen LogP contribution in [0.1, 0.15) is 36.0 Å². The number of hydrogen-bond acceptors (Lipinski definition) is 6. The molecule has 1 aliphatic rings. The van der Waals surface area contributed by atoms with Gasteiger partial charge < -0.3 is 0 Å². The number of rotatable bonds is 5. The van der Waals surface area contributed by atoms with Gasteiger partial charge in [0.15, 0.2) is 0 Å². The molecule has 1 aliphatic carbocycles. The van der Waals surface area contributed by atoms with Crippen molar-refractivity contribution < 1.29 is 18.0 Å². The van der Waals surface area contributed by atoms with Crippen molar-refractivity contribution in [2.24, 2.45) is 5.10 Å². The number of thiophene rings is 1. The topological polar surface area (TPSA) is 105 Å². The smallest absolute Gasteiger partial charge is 0.271 e. The van der Waals surface area contributed by atoms with Crippen LogP contribution in [0.4, 0.5) is 5.69 Å². The number of sulfonamides is 1. The maximum atomic E-state index is 12.2. The van der Waals surface area contributed by atoms with Gasteiger partial charge >= 0.3 is 0 Å². The average Bonchev–Trinajstić information content (AvgIpc) is 3.16. The minimum absolute atomic E-state index is 0.131. The molecule has 0 saturated heterocycles. The van der Waals surface area contributed by atoms with Crippen LogP contribution in [0.15, 0.2) is 51.1 Å². The van der Waals surface area contributed by atoms with Crippen molar-refractivity contribution >= 4 is 44.4 Å². The first-order chi connectivity index (χ1) is 12.4. The van der Waals surface area contributed by atoms with E-state index in [4.69, 9.17) is 0 Å². The molecule has 1 aromatic heterocycles. The fourth-order valence-electron chi connectivity index (χ4n) is 2.50. The summed E-state index contributed by atoms with van der Waals surface area (Å²) in [6, 6.07) is 9.22. The molecule has 0 aliphatic heterocycles. The Kier molecular flexibility index (Phi) is 5.48. The number of hydrazone groups is 1. The molecule has 3 rings (SSSR count). The molecule has 7 nitrogen and oxygen atoms in total. The van der Waals surface area contributed by atoms with Crippen LogP contribution in [-0.2, 0) is 14.8 Å². The molecule has 136 valence electrons. The van der Waals surface area contributed by atoms with E-state index in [-0.39, 0.29) is 16.4 Å². The van der Waals surface area contributed by atoms with Gasteiger partial charge in [-0.1, -0.05) is 6.07 Å². The number of ketones is 1. The third-order valence-corrected chi connectivity index (χ3v) is 6.58. The summed E-state index contributed by atoms with van der Waals surface area (Å²) in [5.41, 5.74) is 3.82. The highest BCUT2D eigenvalue weighted by atomic mass is 32.2. The lowest BCUT2D eigenvalue weighted by molar-refractivity contribution is -0.118. The Balaban J connectivity index is 1.63. The van der Waals surface area contributed by atoms with E-state index in [2.05, 4.69) is 15.2 Å². The number of nitrogens with zero attached hydrogens (tertiary/aromatic N) is 1. The lowest BCUT2D eigenvalue weighted by Gasteiger charge is -2.11. The molecule has 2 N–H and O–H groups in total. The highest BCUT2D eigenvalue weighted by Gasteiger charge is 2.16. The second-order valence-corrected chi connectivity index (χ2v) is 8.66. The van der Waals surface area contributed by atoms with E-state index < -0.39 is 15.9 Å². The van der Waals surface area contributed by atoms with Crippen molar-refractivity contribution in [3.05, 3.63) is 47.3 Å². The molecule has 1 saturated carbocycles. The molecular weight excluding hydrogens is 374 g/mol. The average molecular weight is 391 g/mol. The molecule has 0 spiro atoms. The standard InChI is InChI=1S/C17H17N3O4S2/c21-15-4-1-3-14(11-15)18-19-17(22)12-6-8-13(9-7-12)20-26(23,24)16-5-2-10-25-16/h2,5-10,20H,1,3-4,11H2,(H,19,22). The van der Waals surface area contributed by atoms with Crippen molar-refractivity contribution in [1.82, 2.24) is 5.43 Å². The number of anilines is 1. The van der Waals surface area contributed by atoms with Gasteiger partial charge in [0, 0.05) is 29.8 Å². The highest BCUT2D eigenvalue weighted by Crippen LogP contribution is 2.20. The molecular formula is C17H17N3O4S2. The van der Waals surface area contributed by atoms with Crippen LogP contribution in [0.5, 0.6) is 0 Å². The molecule has 0 atom stereocenters. The maximum Gasteiger partial charge on any atom is 0.271 e. The predicted octanol–water partition coefficient (Wildman–Crippen LogP) is 2.78. The van der Waals surface area contributed by atoms with Crippen LogP contribution < -0.4 is 10.1 Å². The summed E-state index contributed by atoms with van der Waals surface area (Å²) in [6.07, 6.45) is 2.31. The molecule has 2 aromatic rings. The Bertz CT molecular complexity index is 933. The fourth-order valence-corrected chi connectivity index (χ4v) is 4.55. The summed E-state index contributed by atoms with van der Waals surface area (Å²) < 4.78 is 27.0. The first-order valence-corrected chi connectivity index (χ1v) is 10.3. The van der Waals surface area contributed by atoms with Gasteiger partial charge in [0.25, 0.3) is 15.9 Å². The molecule has 9 heteroatoms. The minimum atomic E-state index is -3.62. The van der Waals surface area contributed by atoms with Gasteiger partial charge in [-0.2, -0.15) is 5.10 Å².